The van der Waals surface area contributed by atoms with E-state index in [1.54, 1.807) is 7.05 Å². The highest BCUT2D eigenvalue weighted by molar-refractivity contribution is 5.79. The third-order valence-corrected chi connectivity index (χ3v) is 5.02. The van der Waals surface area contributed by atoms with Crippen LogP contribution in [0.2, 0.25) is 0 Å². The molecule has 1 fully saturated rings. The molecule has 2 unspecified atom stereocenters. The van der Waals surface area contributed by atoms with Gasteiger partial charge in [0.1, 0.15) is 11.9 Å². The van der Waals surface area contributed by atoms with Crippen molar-refractivity contribution in [1.82, 2.24) is 10.6 Å². The number of rotatable bonds is 7. The molecule has 5 heteroatoms. The van der Waals surface area contributed by atoms with Gasteiger partial charge in [0.2, 0.25) is 0 Å². The minimum absolute atomic E-state index is 0.143. The lowest BCUT2D eigenvalue weighted by Crippen LogP contribution is -2.38. The maximum atomic E-state index is 6.18. The highest BCUT2D eigenvalue weighted by atomic mass is 16.5. The molecule has 28 heavy (non-hydrogen) atoms. The number of hydrogen-bond donors (Lipinski definition) is 2. The first-order chi connectivity index (χ1) is 13.7. The van der Waals surface area contributed by atoms with Crippen LogP contribution >= 0.6 is 0 Å². The summed E-state index contributed by atoms with van der Waals surface area (Å²) in [5.74, 6) is 2.12. The average molecular weight is 382 g/mol. The minimum Gasteiger partial charge on any atom is -0.488 e. The SMILES string of the molecule is CN=C(NCc1ccc(C)cc1OC1CCOC1)NCC(C)c1ccccc1. The first kappa shape index (κ1) is 20.2. The van der Waals surface area contributed by atoms with E-state index >= 15 is 0 Å². The van der Waals surface area contributed by atoms with Crippen LogP contribution in [0.3, 0.4) is 0 Å². The van der Waals surface area contributed by atoms with E-state index in [2.05, 4.69) is 71.9 Å². The predicted molar refractivity (Wildman–Crippen MR) is 114 cm³/mol. The van der Waals surface area contributed by atoms with Gasteiger partial charge < -0.3 is 20.1 Å². The van der Waals surface area contributed by atoms with Crippen molar-refractivity contribution >= 4 is 5.96 Å². The zero-order chi connectivity index (χ0) is 19.8. The van der Waals surface area contributed by atoms with Crippen LogP contribution in [0.1, 0.15) is 36.0 Å². The Morgan fingerprint density at radius 3 is 2.75 bits per heavy atom. The second-order valence-corrected chi connectivity index (χ2v) is 7.33. The van der Waals surface area contributed by atoms with E-state index in [0.717, 1.165) is 36.8 Å². The quantitative estimate of drug-likeness (QED) is 0.568. The fourth-order valence-corrected chi connectivity index (χ4v) is 3.25. The maximum Gasteiger partial charge on any atom is 0.191 e. The molecule has 5 nitrogen and oxygen atoms in total. The molecule has 2 aromatic carbocycles. The summed E-state index contributed by atoms with van der Waals surface area (Å²) in [6, 6.07) is 16.8. The molecule has 0 saturated carbocycles. The summed E-state index contributed by atoms with van der Waals surface area (Å²) in [4.78, 5) is 4.35. The van der Waals surface area contributed by atoms with Crippen LogP contribution in [0, 0.1) is 6.92 Å². The van der Waals surface area contributed by atoms with E-state index in [0.29, 0.717) is 19.1 Å². The van der Waals surface area contributed by atoms with Crippen LogP contribution in [0.5, 0.6) is 5.75 Å². The van der Waals surface area contributed by atoms with Gasteiger partial charge in [0.05, 0.1) is 13.2 Å². The molecule has 0 bridgehead atoms. The molecular formula is C23H31N3O2. The second kappa shape index (κ2) is 10.1. The molecule has 0 aromatic heterocycles. The average Bonchev–Trinajstić information content (AvgIpc) is 3.23. The van der Waals surface area contributed by atoms with Crippen LogP contribution in [0.4, 0.5) is 0 Å². The Kier molecular flexibility index (Phi) is 7.31. The standard InChI is InChI=1S/C23H31N3O2/c1-17-9-10-20(22(13-17)28-21-11-12-27-16-21)15-26-23(24-3)25-14-18(2)19-7-5-4-6-8-19/h4-10,13,18,21H,11-12,14-16H2,1-3H3,(H2,24,25,26). The molecule has 0 aliphatic carbocycles. The Bertz CT molecular complexity index is 771. The van der Waals surface area contributed by atoms with Gasteiger partial charge in [-0.2, -0.15) is 0 Å². The zero-order valence-corrected chi connectivity index (χ0v) is 17.1. The molecule has 1 aliphatic rings. The molecular weight excluding hydrogens is 350 g/mol. The molecule has 150 valence electrons. The molecule has 2 N–H and O–H groups in total. The molecule has 1 heterocycles. The van der Waals surface area contributed by atoms with Gasteiger partial charge in [0, 0.05) is 32.1 Å². The lowest BCUT2D eigenvalue weighted by Gasteiger charge is -2.19. The van der Waals surface area contributed by atoms with E-state index < -0.39 is 0 Å². The van der Waals surface area contributed by atoms with Crippen molar-refractivity contribution in [2.45, 2.75) is 38.8 Å². The van der Waals surface area contributed by atoms with E-state index in [4.69, 9.17) is 9.47 Å². The van der Waals surface area contributed by atoms with Crippen molar-refractivity contribution in [1.29, 1.82) is 0 Å². The Labute approximate surface area is 168 Å². The van der Waals surface area contributed by atoms with Crippen molar-refractivity contribution in [3.8, 4) is 5.75 Å². The van der Waals surface area contributed by atoms with Gasteiger partial charge in [-0.15, -0.1) is 0 Å². The molecule has 1 saturated heterocycles. The summed E-state index contributed by atoms with van der Waals surface area (Å²) in [7, 11) is 1.80. The molecule has 2 aromatic rings. The fourth-order valence-electron chi connectivity index (χ4n) is 3.25. The summed E-state index contributed by atoms with van der Waals surface area (Å²) in [6.07, 6.45) is 1.09. The molecule has 2 atom stereocenters. The molecule has 0 spiro atoms. The summed E-state index contributed by atoms with van der Waals surface area (Å²) < 4.78 is 11.6. The Morgan fingerprint density at radius 1 is 1.21 bits per heavy atom. The fraction of sp³-hybridized carbons (Fsp3) is 0.435. The van der Waals surface area contributed by atoms with Crippen molar-refractivity contribution in [3.63, 3.8) is 0 Å². The van der Waals surface area contributed by atoms with E-state index in [1.807, 2.05) is 6.07 Å². The number of benzene rings is 2. The van der Waals surface area contributed by atoms with Gasteiger partial charge in [0.25, 0.3) is 0 Å². The topological polar surface area (TPSA) is 54.9 Å². The van der Waals surface area contributed by atoms with E-state index in [1.165, 1.54) is 11.1 Å². The highest BCUT2D eigenvalue weighted by Gasteiger charge is 2.18. The Morgan fingerprint density at radius 2 is 2.04 bits per heavy atom. The van der Waals surface area contributed by atoms with Gasteiger partial charge in [-0.25, -0.2) is 0 Å². The number of nitrogens with zero attached hydrogens (tertiary/aromatic N) is 1. The number of aryl methyl sites for hydroxylation is 1. The van der Waals surface area contributed by atoms with Gasteiger partial charge in [0.15, 0.2) is 5.96 Å². The monoisotopic (exact) mass is 381 g/mol. The lowest BCUT2D eigenvalue weighted by atomic mass is 10.0. The largest absolute Gasteiger partial charge is 0.488 e. The lowest BCUT2D eigenvalue weighted by molar-refractivity contribution is 0.140. The summed E-state index contributed by atoms with van der Waals surface area (Å²) in [6.45, 7) is 7.22. The first-order valence-electron chi connectivity index (χ1n) is 9.99. The van der Waals surface area contributed by atoms with Gasteiger partial charge >= 0.3 is 0 Å². The normalized spacial score (nSPS) is 18.0. The molecule has 0 amide bonds. The highest BCUT2D eigenvalue weighted by Crippen LogP contribution is 2.23. The van der Waals surface area contributed by atoms with Crippen LogP contribution in [-0.4, -0.2) is 38.9 Å². The van der Waals surface area contributed by atoms with Crippen molar-refractivity contribution in [2.24, 2.45) is 4.99 Å². The predicted octanol–water partition coefficient (Wildman–Crippen LogP) is 3.63. The summed E-state index contributed by atoms with van der Waals surface area (Å²) >= 11 is 0. The van der Waals surface area contributed by atoms with Crippen LogP contribution in [0.15, 0.2) is 53.5 Å². The van der Waals surface area contributed by atoms with Crippen molar-refractivity contribution in [2.75, 3.05) is 26.8 Å². The Balaban J connectivity index is 1.56. The summed E-state index contributed by atoms with van der Waals surface area (Å²) in [5, 5.41) is 6.82. The third kappa shape index (κ3) is 5.73. The maximum absolute atomic E-state index is 6.18. The van der Waals surface area contributed by atoms with Gasteiger partial charge in [-0.1, -0.05) is 49.4 Å². The van der Waals surface area contributed by atoms with Crippen molar-refractivity contribution in [3.05, 3.63) is 65.2 Å². The number of aliphatic imine (C=N–C) groups is 1. The second-order valence-electron chi connectivity index (χ2n) is 7.33. The summed E-state index contributed by atoms with van der Waals surface area (Å²) in [5.41, 5.74) is 3.63. The number of ether oxygens (including phenoxy) is 2. The van der Waals surface area contributed by atoms with Crippen LogP contribution in [0.25, 0.3) is 0 Å². The number of nitrogens with one attached hydrogen (secondary N) is 2. The smallest absolute Gasteiger partial charge is 0.191 e. The Hall–Kier alpha value is -2.53. The number of hydrogen-bond acceptors (Lipinski definition) is 3. The molecule has 1 aliphatic heterocycles. The molecule has 0 radical (unpaired) electrons. The first-order valence-corrected chi connectivity index (χ1v) is 9.99. The number of guanidine groups is 1. The zero-order valence-electron chi connectivity index (χ0n) is 17.1. The van der Waals surface area contributed by atoms with Crippen LogP contribution < -0.4 is 15.4 Å². The van der Waals surface area contributed by atoms with Crippen LogP contribution in [-0.2, 0) is 11.3 Å². The van der Waals surface area contributed by atoms with Crippen molar-refractivity contribution < 1.29 is 9.47 Å². The molecule has 3 rings (SSSR count). The van der Waals surface area contributed by atoms with E-state index in [9.17, 15) is 0 Å². The van der Waals surface area contributed by atoms with Gasteiger partial charge in [-0.05, 0) is 30.0 Å². The van der Waals surface area contributed by atoms with Gasteiger partial charge in [-0.3, -0.25) is 4.99 Å². The minimum atomic E-state index is 0.143. The third-order valence-electron chi connectivity index (χ3n) is 5.02. The van der Waals surface area contributed by atoms with E-state index in [-0.39, 0.29) is 6.10 Å².